The maximum atomic E-state index is 13.3. The summed E-state index contributed by atoms with van der Waals surface area (Å²) < 4.78 is 22.9. The number of fused-ring (bicyclic) bond motifs is 1. The third kappa shape index (κ3) is 4.35. The van der Waals surface area contributed by atoms with Crippen LogP contribution in [0.3, 0.4) is 0 Å². The Morgan fingerprint density at radius 2 is 1.87 bits per heavy atom. The Balaban J connectivity index is 1.44. The van der Waals surface area contributed by atoms with Gasteiger partial charge in [0.25, 0.3) is 0 Å². The van der Waals surface area contributed by atoms with Gasteiger partial charge in [0.15, 0.2) is 6.29 Å². The summed E-state index contributed by atoms with van der Waals surface area (Å²) in [6, 6.07) is 19.5. The highest BCUT2D eigenvalue weighted by atomic mass is 16.7. The van der Waals surface area contributed by atoms with E-state index in [4.69, 9.17) is 18.9 Å². The van der Waals surface area contributed by atoms with Gasteiger partial charge in [-0.2, -0.15) is 0 Å². The number of hydrogen-bond acceptors (Lipinski definition) is 7. The van der Waals surface area contributed by atoms with E-state index in [2.05, 4.69) is 64.8 Å². The van der Waals surface area contributed by atoms with Crippen molar-refractivity contribution in [3.05, 3.63) is 77.0 Å². The van der Waals surface area contributed by atoms with Gasteiger partial charge in [-0.3, -0.25) is 4.90 Å². The molecular weight excluding hydrogens is 480 g/mol. The number of carbonyl (C=O) groups is 1. The van der Waals surface area contributed by atoms with Gasteiger partial charge < -0.3 is 24.3 Å². The van der Waals surface area contributed by atoms with E-state index in [0.29, 0.717) is 26.2 Å². The van der Waals surface area contributed by atoms with Crippen molar-refractivity contribution in [1.82, 2.24) is 4.90 Å². The summed E-state index contributed by atoms with van der Waals surface area (Å²) >= 11 is 0. The molecule has 2 saturated heterocycles. The number of para-hydroxylation sites is 1. The van der Waals surface area contributed by atoms with Gasteiger partial charge in [-0.15, -0.1) is 0 Å². The molecule has 202 valence electrons. The Morgan fingerprint density at radius 3 is 2.63 bits per heavy atom. The number of methoxy groups -OCH3 is 2. The zero-order valence-electron chi connectivity index (χ0n) is 22.4. The van der Waals surface area contributed by atoms with Gasteiger partial charge in [-0.05, 0) is 48.8 Å². The first kappa shape index (κ1) is 25.6. The number of carbonyl (C=O) groups excluding carboxylic acids is 1. The molecule has 3 aliphatic heterocycles. The summed E-state index contributed by atoms with van der Waals surface area (Å²) in [6.45, 7) is 3.75. The van der Waals surface area contributed by atoms with Gasteiger partial charge in [0.05, 0.1) is 31.3 Å². The van der Waals surface area contributed by atoms with Crippen LogP contribution in [0, 0.1) is 11.8 Å². The van der Waals surface area contributed by atoms with Crippen molar-refractivity contribution in [1.29, 1.82) is 0 Å². The van der Waals surface area contributed by atoms with Crippen LogP contribution < -0.4 is 5.32 Å². The number of ether oxygens (including phenoxy) is 4. The number of nitrogens with zero attached hydrogens (tertiary/aromatic N) is 1. The van der Waals surface area contributed by atoms with E-state index in [9.17, 15) is 4.79 Å². The topological polar surface area (TPSA) is 69.3 Å². The summed E-state index contributed by atoms with van der Waals surface area (Å²) in [5, 5.41) is 3.69. The molecule has 7 nitrogen and oxygen atoms in total. The van der Waals surface area contributed by atoms with Crippen LogP contribution in [0.2, 0.25) is 0 Å². The minimum Gasteiger partial charge on any atom is -0.466 e. The number of hydrogen-bond donors (Lipinski definition) is 1. The predicted octanol–water partition coefficient (Wildman–Crippen LogP) is 4.49. The summed E-state index contributed by atoms with van der Waals surface area (Å²) in [5.41, 5.74) is 5.26. The molecule has 4 aliphatic rings. The van der Waals surface area contributed by atoms with E-state index < -0.39 is 0 Å². The van der Waals surface area contributed by atoms with Crippen molar-refractivity contribution in [2.24, 2.45) is 11.8 Å². The average Bonchev–Trinajstić information content (AvgIpc) is 3.69. The Kier molecular flexibility index (Phi) is 7.27. The van der Waals surface area contributed by atoms with Crippen LogP contribution in [0.5, 0.6) is 0 Å². The molecule has 4 atom stereocenters. The van der Waals surface area contributed by atoms with Gasteiger partial charge in [0, 0.05) is 50.2 Å². The number of rotatable bonds is 9. The van der Waals surface area contributed by atoms with Crippen LogP contribution in [-0.2, 0) is 35.7 Å². The van der Waals surface area contributed by atoms with E-state index in [1.807, 2.05) is 0 Å². The summed E-state index contributed by atoms with van der Waals surface area (Å²) in [6.07, 6.45) is 3.14. The Labute approximate surface area is 225 Å². The van der Waals surface area contributed by atoms with Crippen LogP contribution >= 0.6 is 0 Å². The molecule has 0 amide bonds. The highest BCUT2D eigenvalue weighted by molar-refractivity contribution is 5.93. The first-order chi connectivity index (χ1) is 18.7. The van der Waals surface area contributed by atoms with Gasteiger partial charge in [-0.1, -0.05) is 48.5 Å². The normalized spacial score (nSPS) is 27.5. The zero-order valence-corrected chi connectivity index (χ0v) is 22.4. The fourth-order valence-corrected chi connectivity index (χ4v) is 7.56. The molecule has 7 heteroatoms. The Hall–Kier alpha value is -2.71. The standard InChI is InChI=1S/C31H38N2O5/c1-35-15-12-22(30-37-16-17-38-30)18-23-19-24(29(34)36-2)27-31(25-10-6-7-11-26(25)32-27)13-14-33(28(23)31)20-21-8-4-3-5-9-21/h3-11,22-23,28,30,32H,12-20H2,1-2H3/t22?,23?,28-,31-/m0/s1. The highest BCUT2D eigenvalue weighted by Gasteiger charge is 2.61. The van der Waals surface area contributed by atoms with Crippen molar-refractivity contribution in [2.75, 3.05) is 45.9 Å². The van der Waals surface area contributed by atoms with Gasteiger partial charge in [0.2, 0.25) is 0 Å². The van der Waals surface area contributed by atoms with Crippen molar-refractivity contribution >= 4 is 11.7 Å². The average molecular weight is 519 g/mol. The number of likely N-dealkylation sites (tertiary alicyclic amines) is 1. The summed E-state index contributed by atoms with van der Waals surface area (Å²) in [7, 11) is 3.23. The van der Waals surface area contributed by atoms with E-state index in [1.165, 1.54) is 18.2 Å². The SMILES string of the molecule is COCCC(CC1CC(C(=O)OC)=C2Nc3ccccc3[C@@]23CCN(Cc2ccccc2)[C@@H]13)C1OCCO1. The molecule has 2 fully saturated rings. The second kappa shape index (κ2) is 10.8. The van der Waals surface area contributed by atoms with Crippen LogP contribution in [0.4, 0.5) is 5.69 Å². The molecule has 1 N–H and O–H groups in total. The number of nitrogens with one attached hydrogen (secondary N) is 1. The molecule has 6 rings (SSSR count). The lowest BCUT2D eigenvalue weighted by Gasteiger charge is -2.47. The van der Waals surface area contributed by atoms with E-state index in [1.54, 1.807) is 7.11 Å². The van der Waals surface area contributed by atoms with E-state index in [-0.39, 0.29) is 35.6 Å². The Morgan fingerprint density at radius 1 is 1.11 bits per heavy atom. The smallest absolute Gasteiger partial charge is 0.335 e. The summed E-state index contributed by atoms with van der Waals surface area (Å²) in [4.78, 5) is 15.9. The van der Waals surface area contributed by atoms with Crippen molar-refractivity contribution in [2.45, 2.75) is 50.0 Å². The number of benzene rings is 2. The quantitative estimate of drug-likeness (QED) is 0.491. The molecule has 0 bridgehead atoms. The first-order valence-corrected chi connectivity index (χ1v) is 13.8. The first-order valence-electron chi connectivity index (χ1n) is 13.8. The van der Waals surface area contributed by atoms with E-state index in [0.717, 1.165) is 49.3 Å². The molecule has 1 spiro atoms. The third-order valence-corrected chi connectivity index (χ3v) is 9.01. The lowest BCUT2D eigenvalue weighted by molar-refractivity contribution is -0.137. The van der Waals surface area contributed by atoms with Crippen LogP contribution in [0.15, 0.2) is 65.9 Å². The molecule has 2 aromatic rings. The molecule has 0 aromatic heterocycles. The predicted molar refractivity (Wildman–Crippen MR) is 144 cm³/mol. The molecule has 38 heavy (non-hydrogen) atoms. The number of esters is 1. The minimum atomic E-state index is -0.277. The zero-order chi connectivity index (χ0) is 26.1. The summed E-state index contributed by atoms with van der Waals surface area (Å²) in [5.74, 6) is 0.178. The Bertz CT molecular complexity index is 1180. The highest BCUT2D eigenvalue weighted by Crippen LogP contribution is 2.60. The number of anilines is 1. The molecule has 0 radical (unpaired) electrons. The van der Waals surface area contributed by atoms with Gasteiger partial charge >= 0.3 is 5.97 Å². The molecular formula is C31H38N2O5. The second-order valence-corrected chi connectivity index (χ2v) is 11.0. The lowest BCUT2D eigenvalue weighted by Crippen LogP contribution is -2.52. The molecule has 3 heterocycles. The van der Waals surface area contributed by atoms with Crippen LogP contribution in [0.25, 0.3) is 0 Å². The fraction of sp³-hybridized carbons (Fsp3) is 0.516. The molecule has 2 unspecified atom stereocenters. The van der Waals surface area contributed by atoms with Gasteiger partial charge in [-0.25, -0.2) is 4.79 Å². The largest absolute Gasteiger partial charge is 0.466 e. The van der Waals surface area contributed by atoms with Crippen LogP contribution in [0.1, 0.15) is 36.8 Å². The monoisotopic (exact) mass is 518 g/mol. The van der Waals surface area contributed by atoms with Crippen molar-refractivity contribution in [3.63, 3.8) is 0 Å². The van der Waals surface area contributed by atoms with Crippen LogP contribution in [-0.4, -0.2) is 63.8 Å². The molecule has 1 aliphatic carbocycles. The van der Waals surface area contributed by atoms with E-state index >= 15 is 0 Å². The van der Waals surface area contributed by atoms with Crippen molar-refractivity contribution < 1.29 is 23.7 Å². The maximum absolute atomic E-state index is 13.3. The fourth-order valence-electron chi connectivity index (χ4n) is 7.56. The lowest BCUT2D eigenvalue weighted by atomic mass is 9.61. The molecule has 0 saturated carbocycles. The third-order valence-electron chi connectivity index (χ3n) is 9.01. The maximum Gasteiger partial charge on any atom is 0.335 e. The molecule has 2 aromatic carbocycles. The van der Waals surface area contributed by atoms with Gasteiger partial charge in [0.1, 0.15) is 0 Å². The second-order valence-electron chi connectivity index (χ2n) is 11.0. The minimum absolute atomic E-state index is 0.184. The van der Waals surface area contributed by atoms with Crippen molar-refractivity contribution in [3.8, 4) is 0 Å².